The van der Waals surface area contributed by atoms with E-state index in [1.54, 1.807) is 0 Å². The molecule has 0 saturated heterocycles. The number of hydrogen-bond donors (Lipinski definition) is 0. The average molecular weight is 226 g/mol. The van der Waals surface area contributed by atoms with Crippen LogP contribution in [-0.4, -0.2) is 12.2 Å². The zero-order valence-corrected chi connectivity index (χ0v) is 10.2. The van der Waals surface area contributed by atoms with Crippen molar-refractivity contribution in [1.29, 1.82) is 0 Å². The van der Waals surface area contributed by atoms with Gasteiger partial charge in [0.05, 0.1) is 12.2 Å². The molecule has 0 aliphatic heterocycles. The van der Waals surface area contributed by atoms with Crippen LogP contribution in [0.25, 0.3) is 0 Å². The molecule has 0 aromatic rings. The summed E-state index contributed by atoms with van der Waals surface area (Å²) in [6.07, 6.45) is 2.57. The Morgan fingerprint density at radius 3 is 2.23 bits per heavy atom. The lowest BCUT2D eigenvalue weighted by atomic mass is 10.2. The molecule has 0 N–H and O–H groups in total. The molecule has 5 heteroatoms. The summed E-state index contributed by atoms with van der Waals surface area (Å²) in [5.74, 6) is 0. The largest absolute Gasteiger partial charge is 0.288 e. The van der Waals surface area contributed by atoms with E-state index in [1.165, 1.54) is 0 Å². The SMILES string of the molecule is CCCC(C)OSOSOC(C)C. The quantitative estimate of drug-likeness (QED) is 0.464. The summed E-state index contributed by atoms with van der Waals surface area (Å²) in [6.45, 7) is 8.04. The van der Waals surface area contributed by atoms with Gasteiger partial charge in [0.2, 0.25) is 0 Å². The number of rotatable bonds is 8. The van der Waals surface area contributed by atoms with Crippen molar-refractivity contribution in [3.05, 3.63) is 0 Å². The molecule has 3 nitrogen and oxygen atoms in total. The standard InChI is InChI=1S/C8H18O3S2/c1-5-6-8(4)10-13-11-12-9-7(2)3/h7-8H,5-6H2,1-4H3. The molecule has 0 radical (unpaired) electrons. The Morgan fingerprint density at radius 1 is 1.08 bits per heavy atom. The Labute approximate surface area is 89.7 Å². The third kappa shape index (κ3) is 10.5. The zero-order valence-electron chi connectivity index (χ0n) is 8.61. The minimum Gasteiger partial charge on any atom is -0.288 e. The van der Waals surface area contributed by atoms with Gasteiger partial charge in [-0.15, -0.1) is 0 Å². The van der Waals surface area contributed by atoms with Crippen LogP contribution in [0.15, 0.2) is 0 Å². The van der Waals surface area contributed by atoms with Gasteiger partial charge in [0.1, 0.15) is 0 Å². The molecule has 0 rings (SSSR count). The molecule has 0 aromatic heterocycles. The summed E-state index contributed by atoms with van der Waals surface area (Å²) in [7, 11) is 0. The van der Waals surface area contributed by atoms with Gasteiger partial charge in [-0.05, 0) is 27.2 Å². The topological polar surface area (TPSA) is 27.7 Å². The van der Waals surface area contributed by atoms with E-state index in [-0.39, 0.29) is 12.2 Å². The summed E-state index contributed by atoms with van der Waals surface area (Å²) < 4.78 is 15.3. The Hall–Kier alpha value is 0.580. The van der Waals surface area contributed by atoms with Crippen LogP contribution < -0.4 is 0 Å². The average Bonchev–Trinajstić information content (AvgIpc) is 2.03. The second kappa shape index (κ2) is 9.15. The van der Waals surface area contributed by atoms with Crippen molar-refractivity contribution >= 4 is 24.6 Å². The highest BCUT2D eigenvalue weighted by Gasteiger charge is 2.02. The highest BCUT2D eigenvalue weighted by Crippen LogP contribution is 2.20. The van der Waals surface area contributed by atoms with Crippen molar-refractivity contribution in [2.75, 3.05) is 0 Å². The molecule has 1 atom stereocenters. The highest BCUT2D eigenvalue weighted by molar-refractivity contribution is 8.03. The Morgan fingerprint density at radius 2 is 1.69 bits per heavy atom. The van der Waals surface area contributed by atoms with E-state index >= 15 is 0 Å². The van der Waals surface area contributed by atoms with Gasteiger partial charge in [-0.3, -0.25) is 8.37 Å². The Balaban J connectivity index is 3.06. The molecule has 0 aromatic carbocycles. The molecule has 0 saturated carbocycles. The van der Waals surface area contributed by atoms with E-state index in [0.717, 1.165) is 37.5 Å². The van der Waals surface area contributed by atoms with Crippen molar-refractivity contribution in [1.82, 2.24) is 0 Å². The van der Waals surface area contributed by atoms with Gasteiger partial charge in [0, 0.05) is 0 Å². The zero-order chi connectivity index (χ0) is 10.1. The smallest absolute Gasteiger partial charge is 0.173 e. The Bertz CT molecular complexity index is 112. The van der Waals surface area contributed by atoms with E-state index in [1.807, 2.05) is 20.8 Å². The third-order valence-corrected chi connectivity index (χ3v) is 2.50. The second-order valence-corrected chi connectivity index (χ2v) is 4.25. The summed E-state index contributed by atoms with van der Waals surface area (Å²) in [6, 6.07) is 0. The third-order valence-electron chi connectivity index (χ3n) is 1.19. The molecular weight excluding hydrogens is 208 g/mol. The van der Waals surface area contributed by atoms with Crippen LogP contribution in [0.1, 0.15) is 40.5 Å². The normalized spacial score (nSPS) is 13.6. The molecule has 0 aliphatic carbocycles. The highest BCUT2D eigenvalue weighted by atomic mass is 32.3. The van der Waals surface area contributed by atoms with Crippen molar-refractivity contribution in [2.24, 2.45) is 0 Å². The summed E-state index contributed by atoms with van der Waals surface area (Å²) in [5, 5.41) is 0. The van der Waals surface area contributed by atoms with Crippen molar-refractivity contribution in [3.63, 3.8) is 0 Å². The lowest BCUT2D eigenvalue weighted by molar-refractivity contribution is 0.231. The molecule has 0 aliphatic rings. The summed E-state index contributed by atoms with van der Waals surface area (Å²) in [4.78, 5) is 0. The molecule has 0 fully saturated rings. The van der Waals surface area contributed by atoms with Crippen LogP contribution >= 0.6 is 24.6 Å². The second-order valence-electron chi connectivity index (χ2n) is 3.04. The van der Waals surface area contributed by atoms with Gasteiger partial charge < -0.3 is 0 Å². The fourth-order valence-electron chi connectivity index (χ4n) is 0.644. The summed E-state index contributed by atoms with van der Waals surface area (Å²) in [5.41, 5.74) is 0. The monoisotopic (exact) mass is 226 g/mol. The first kappa shape index (κ1) is 13.6. The maximum absolute atomic E-state index is 5.26. The molecular formula is C8H18O3S2. The first-order chi connectivity index (χ1) is 6.16. The lowest BCUT2D eigenvalue weighted by Crippen LogP contribution is -2.01. The van der Waals surface area contributed by atoms with E-state index in [4.69, 9.17) is 12.0 Å². The van der Waals surface area contributed by atoms with Gasteiger partial charge in [0.15, 0.2) is 24.6 Å². The predicted octanol–water partition coefficient (Wildman–Crippen LogP) is 3.76. The van der Waals surface area contributed by atoms with E-state index in [2.05, 4.69) is 6.92 Å². The van der Waals surface area contributed by atoms with E-state index in [9.17, 15) is 0 Å². The van der Waals surface area contributed by atoms with Crippen LogP contribution in [-0.2, 0) is 12.0 Å². The first-order valence-electron chi connectivity index (χ1n) is 4.49. The number of hydrogen-bond acceptors (Lipinski definition) is 5. The maximum atomic E-state index is 5.26. The van der Waals surface area contributed by atoms with Crippen LogP contribution in [0.2, 0.25) is 0 Å². The summed E-state index contributed by atoms with van der Waals surface area (Å²) >= 11 is 1.94. The molecule has 0 heterocycles. The fourth-order valence-corrected chi connectivity index (χ4v) is 1.38. The van der Waals surface area contributed by atoms with Gasteiger partial charge in [-0.1, -0.05) is 13.3 Å². The van der Waals surface area contributed by atoms with Gasteiger partial charge in [-0.25, -0.2) is 0 Å². The van der Waals surface area contributed by atoms with Crippen molar-refractivity contribution in [3.8, 4) is 0 Å². The van der Waals surface area contributed by atoms with Gasteiger partial charge in [-0.2, -0.15) is 3.63 Å². The lowest BCUT2D eigenvalue weighted by Gasteiger charge is -2.08. The van der Waals surface area contributed by atoms with Crippen LogP contribution in [0.4, 0.5) is 0 Å². The molecule has 0 spiro atoms. The van der Waals surface area contributed by atoms with Crippen LogP contribution in [0, 0.1) is 0 Å². The van der Waals surface area contributed by atoms with Gasteiger partial charge >= 0.3 is 0 Å². The minimum absolute atomic E-state index is 0.165. The van der Waals surface area contributed by atoms with Crippen LogP contribution in [0.3, 0.4) is 0 Å². The van der Waals surface area contributed by atoms with Crippen molar-refractivity contribution in [2.45, 2.75) is 52.7 Å². The van der Waals surface area contributed by atoms with E-state index in [0.29, 0.717) is 0 Å². The van der Waals surface area contributed by atoms with Gasteiger partial charge in [0.25, 0.3) is 0 Å². The first-order valence-corrected chi connectivity index (χ1v) is 5.82. The fraction of sp³-hybridized carbons (Fsp3) is 1.00. The van der Waals surface area contributed by atoms with E-state index < -0.39 is 0 Å². The molecule has 0 amide bonds. The molecule has 80 valence electrons. The minimum atomic E-state index is 0.165. The Kier molecular flexibility index (Phi) is 9.56. The molecule has 13 heavy (non-hydrogen) atoms. The van der Waals surface area contributed by atoms with Crippen LogP contribution in [0.5, 0.6) is 0 Å². The van der Waals surface area contributed by atoms with Crippen molar-refractivity contribution < 1.29 is 12.0 Å². The molecule has 1 unspecified atom stereocenters. The predicted molar refractivity (Wildman–Crippen MR) is 57.9 cm³/mol. The molecule has 0 bridgehead atoms. The maximum Gasteiger partial charge on any atom is 0.173 e.